The summed E-state index contributed by atoms with van der Waals surface area (Å²) >= 11 is 5.54. The number of urea groups is 1. The molecule has 0 aliphatic carbocycles. The lowest BCUT2D eigenvalue weighted by molar-refractivity contribution is 0.172. The second-order valence-corrected chi connectivity index (χ2v) is 3.47. The molecule has 78 valence electrons. The lowest BCUT2D eigenvalue weighted by atomic mass is 10.3. The molecular weight excluding hydrogens is 202 g/mol. The summed E-state index contributed by atoms with van der Waals surface area (Å²) < 4.78 is 0. The smallest absolute Gasteiger partial charge is 0.295 e. The molecule has 0 N–H and O–H groups in total. The van der Waals surface area contributed by atoms with Gasteiger partial charge in [-0.25, -0.2) is 9.80 Å². The van der Waals surface area contributed by atoms with E-state index in [0.29, 0.717) is 18.1 Å². The fourth-order valence-electron chi connectivity index (χ4n) is 1.08. The van der Waals surface area contributed by atoms with Gasteiger partial charge in [-0.05, 0) is 12.8 Å². The third-order valence-electron chi connectivity index (χ3n) is 2.04. The third kappa shape index (κ3) is 2.48. The number of hydrogen-bond donors (Lipinski definition) is 0. The Morgan fingerprint density at radius 2 is 2.29 bits per heavy atom. The number of amides is 2. The van der Waals surface area contributed by atoms with E-state index >= 15 is 0 Å². The summed E-state index contributed by atoms with van der Waals surface area (Å²) in [6, 6.07) is -0.132. The Kier molecular flexibility index (Phi) is 3.95. The van der Waals surface area contributed by atoms with Crippen LogP contribution in [0, 0.1) is 0 Å². The maximum atomic E-state index is 11.6. The second kappa shape index (κ2) is 5.00. The van der Waals surface area contributed by atoms with Gasteiger partial charge < -0.3 is 0 Å². The van der Waals surface area contributed by atoms with E-state index in [1.807, 2.05) is 0 Å². The van der Waals surface area contributed by atoms with Crippen LogP contribution in [0.5, 0.6) is 0 Å². The second-order valence-electron chi connectivity index (χ2n) is 3.10. The molecule has 0 saturated heterocycles. The minimum Gasteiger partial charge on any atom is -0.295 e. The fourth-order valence-corrected chi connectivity index (χ4v) is 1.27. The Hall–Kier alpha value is -1.03. The number of allylic oxidation sites excluding steroid dienone is 1. The quantitative estimate of drug-likeness (QED) is 0.521. The highest BCUT2D eigenvalue weighted by molar-refractivity contribution is 6.17. The summed E-state index contributed by atoms with van der Waals surface area (Å²) in [4.78, 5) is 13.1. The van der Waals surface area contributed by atoms with Gasteiger partial charge >= 0.3 is 6.03 Å². The first-order chi connectivity index (χ1) is 6.66. The fraction of sp³-hybridized carbons (Fsp3) is 0.556. The van der Waals surface area contributed by atoms with Gasteiger partial charge in [-0.1, -0.05) is 6.58 Å². The van der Waals surface area contributed by atoms with Crippen molar-refractivity contribution in [2.24, 2.45) is 5.10 Å². The van der Waals surface area contributed by atoms with Crippen LogP contribution >= 0.6 is 11.6 Å². The monoisotopic (exact) mass is 215 g/mol. The normalized spacial score (nSPS) is 16.7. The molecule has 0 bridgehead atoms. The summed E-state index contributed by atoms with van der Waals surface area (Å²) in [6.45, 7) is 4.30. The highest BCUT2D eigenvalue weighted by atomic mass is 35.5. The van der Waals surface area contributed by atoms with Crippen molar-refractivity contribution in [3.05, 3.63) is 12.3 Å². The molecule has 0 aromatic rings. The van der Waals surface area contributed by atoms with E-state index in [-0.39, 0.29) is 6.03 Å². The minimum atomic E-state index is -0.132. The van der Waals surface area contributed by atoms with Crippen molar-refractivity contribution >= 4 is 23.8 Å². The van der Waals surface area contributed by atoms with Gasteiger partial charge in [0.15, 0.2) is 0 Å². The van der Waals surface area contributed by atoms with Gasteiger partial charge in [0.2, 0.25) is 0 Å². The molecule has 1 aliphatic rings. The molecule has 1 heterocycles. The molecule has 0 aromatic carbocycles. The standard InChI is InChI=1S/C9H14ClN3O/c1-8-7-11-13(6-4-3-5-10)9(14)12(8)2/h7H,1,3-6H2,2H3. The van der Waals surface area contributed by atoms with Crippen molar-refractivity contribution < 1.29 is 4.79 Å². The number of alkyl halides is 1. The van der Waals surface area contributed by atoms with E-state index in [9.17, 15) is 4.79 Å². The van der Waals surface area contributed by atoms with Crippen LogP contribution in [0.3, 0.4) is 0 Å². The van der Waals surface area contributed by atoms with Crippen LogP contribution in [-0.2, 0) is 0 Å². The van der Waals surface area contributed by atoms with Gasteiger partial charge in [0.1, 0.15) is 0 Å². The van der Waals surface area contributed by atoms with Gasteiger partial charge in [-0.15, -0.1) is 11.6 Å². The van der Waals surface area contributed by atoms with Crippen LogP contribution in [0.25, 0.3) is 0 Å². The zero-order valence-electron chi connectivity index (χ0n) is 8.24. The van der Waals surface area contributed by atoms with E-state index in [4.69, 9.17) is 11.6 Å². The number of unbranched alkanes of at least 4 members (excludes halogenated alkanes) is 1. The van der Waals surface area contributed by atoms with Crippen LogP contribution < -0.4 is 0 Å². The molecule has 14 heavy (non-hydrogen) atoms. The van der Waals surface area contributed by atoms with Crippen molar-refractivity contribution in [1.29, 1.82) is 0 Å². The largest absolute Gasteiger partial charge is 0.344 e. The summed E-state index contributed by atoms with van der Waals surface area (Å²) in [5.74, 6) is 0.619. The molecule has 1 aliphatic heterocycles. The zero-order valence-corrected chi connectivity index (χ0v) is 9.00. The molecule has 0 saturated carbocycles. The minimum absolute atomic E-state index is 0.132. The molecule has 0 spiro atoms. The van der Waals surface area contributed by atoms with Crippen LogP contribution in [0.15, 0.2) is 17.4 Å². The Morgan fingerprint density at radius 1 is 1.57 bits per heavy atom. The van der Waals surface area contributed by atoms with Crippen LogP contribution in [-0.4, -0.2) is 41.6 Å². The molecule has 5 heteroatoms. The van der Waals surface area contributed by atoms with Crippen molar-refractivity contribution in [1.82, 2.24) is 9.91 Å². The van der Waals surface area contributed by atoms with E-state index in [0.717, 1.165) is 12.8 Å². The SMILES string of the molecule is C=C1C=NN(CCCCCl)C(=O)N1C. The molecule has 2 amide bonds. The summed E-state index contributed by atoms with van der Waals surface area (Å²) in [7, 11) is 1.68. The lowest BCUT2D eigenvalue weighted by Crippen LogP contribution is -2.41. The number of carbonyl (C=O) groups is 1. The van der Waals surface area contributed by atoms with Gasteiger partial charge in [0.05, 0.1) is 11.9 Å². The predicted molar refractivity (Wildman–Crippen MR) is 57.5 cm³/mol. The van der Waals surface area contributed by atoms with Crippen molar-refractivity contribution in [3.63, 3.8) is 0 Å². The molecule has 0 radical (unpaired) electrons. The third-order valence-corrected chi connectivity index (χ3v) is 2.31. The molecule has 0 fully saturated rings. The van der Waals surface area contributed by atoms with Crippen molar-refractivity contribution in [2.75, 3.05) is 19.5 Å². The summed E-state index contributed by atoms with van der Waals surface area (Å²) in [6.07, 6.45) is 3.35. The molecular formula is C9H14ClN3O. The topological polar surface area (TPSA) is 35.9 Å². The van der Waals surface area contributed by atoms with Crippen molar-refractivity contribution in [2.45, 2.75) is 12.8 Å². The predicted octanol–water partition coefficient (Wildman–Crippen LogP) is 1.87. The molecule has 1 rings (SSSR count). The van der Waals surface area contributed by atoms with Gasteiger partial charge in [-0.2, -0.15) is 5.10 Å². The van der Waals surface area contributed by atoms with Crippen LogP contribution in [0.2, 0.25) is 0 Å². The number of hydrazone groups is 1. The van der Waals surface area contributed by atoms with Crippen LogP contribution in [0.1, 0.15) is 12.8 Å². The van der Waals surface area contributed by atoms with Crippen molar-refractivity contribution in [3.8, 4) is 0 Å². The first kappa shape index (κ1) is 11.0. The first-order valence-corrected chi connectivity index (χ1v) is 5.04. The number of carbonyl (C=O) groups excluding carboxylic acids is 1. The number of rotatable bonds is 4. The Balaban J connectivity index is 2.50. The lowest BCUT2D eigenvalue weighted by Gasteiger charge is -2.28. The molecule has 0 aromatic heterocycles. The first-order valence-electron chi connectivity index (χ1n) is 4.51. The highest BCUT2D eigenvalue weighted by Gasteiger charge is 2.21. The number of hydrogen-bond acceptors (Lipinski definition) is 2. The maximum absolute atomic E-state index is 11.6. The number of halogens is 1. The van der Waals surface area contributed by atoms with E-state index < -0.39 is 0 Å². The molecule has 0 unspecified atom stereocenters. The Bertz CT molecular complexity index is 265. The number of nitrogens with zero attached hydrogens (tertiary/aromatic N) is 3. The zero-order chi connectivity index (χ0) is 10.6. The molecule has 4 nitrogen and oxygen atoms in total. The van der Waals surface area contributed by atoms with Gasteiger partial charge in [0.25, 0.3) is 0 Å². The van der Waals surface area contributed by atoms with Gasteiger partial charge in [-0.3, -0.25) is 4.90 Å². The summed E-state index contributed by atoms with van der Waals surface area (Å²) in [5.41, 5.74) is 0.614. The summed E-state index contributed by atoms with van der Waals surface area (Å²) in [5, 5.41) is 5.42. The van der Waals surface area contributed by atoms with Crippen LogP contribution in [0.4, 0.5) is 4.79 Å². The Morgan fingerprint density at radius 3 is 2.93 bits per heavy atom. The molecule has 0 atom stereocenters. The maximum Gasteiger partial charge on any atom is 0.344 e. The average Bonchev–Trinajstić information content (AvgIpc) is 2.18. The van der Waals surface area contributed by atoms with E-state index in [2.05, 4.69) is 11.7 Å². The van der Waals surface area contributed by atoms with E-state index in [1.165, 1.54) is 9.91 Å². The average molecular weight is 216 g/mol. The Labute approximate surface area is 88.8 Å². The highest BCUT2D eigenvalue weighted by Crippen LogP contribution is 2.10. The van der Waals surface area contributed by atoms with Gasteiger partial charge in [0, 0.05) is 19.5 Å². The van der Waals surface area contributed by atoms with E-state index in [1.54, 1.807) is 13.3 Å².